The van der Waals surface area contributed by atoms with Crippen molar-refractivity contribution in [2.24, 2.45) is 5.41 Å². The fraction of sp³-hybridized carbons (Fsp3) is 0.588. The summed E-state index contributed by atoms with van der Waals surface area (Å²) in [7, 11) is 0. The maximum Gasteiger partial charge on any atom is 0.315 e. The van der Waals surface area contributed by atoms with Gasteiger partial charge in [-0.25, -0.2) is 4.79 Å². The van der Waals surface area contributed by atoms with E-state index < -0.39 is 0 Å². The molecule has 2 aromatic rings. The molecule has 2 N–H and O–H groups in total. The summed E-state index contributed by atoms with van der Waals surface area (Å²) in [6, 6.07) is 5.80. The van der Waals surface area contributed by atoms with Crippen molar-refractivity contribution in [1.82, 2.24) is 25.2 Å². The van der Waals surface area contributed by atoms with Crippen LogP contribution >= 0.6 is 0 Å². The van der Waals surface area contributed by atoms with Gasteiger partial charge in [0, 0.05) is 24.3 Å². The van der Waals surface area contributed by atoms with Crippen molar-refractivity contribution in [2.75, 3.05) is 6.61 Å². The van der Waals surface area contributed by atoms with Gasteiger partial charge in [-0.1, -0.05) is 12.5 Å². The Labute approximate surface area is 140 Å². The van der Waals surface area contributed by atoms with Gasteiger partial charge in [0.1, 0.15) is 0 Å². The van der Waals surface area contributed by atoms with E-state index in [1.165, 1.54) is 6.42 Å². The van der Waals surface area contributed by atoms with Crippen molar-refractivity contribution in [3.63, 3.8) is 0 Å². The quantitative estimate of drug-likeness (QED) is 0.877. The molecule has 2 atom stereocenters. The number of nitrogens with zero attached hydrogens (tertiary/aromatic N) is 3. The normalized spacial score (nSPS) is 24.4. The number of nitrogens with one attached hydrogen (secondary N) is 2. The van der Waals surface area contributed by atoms with Crippen LogP contribution in [0.5, 0.6) is 0 Å². The molecule has 0 aliphatic heterocycles. The van der Waals surface area contributed by atoms with Crippen molar-refractivity contribution in [3.05, 3.63) is 30.2 Å². The molecule has 2 aliphatic rings. The van der Waals surface area contributed by atoms with Crippen LogP contribution in [0.1, 0.15) is 38.4 Å². The number of urea groups is 1. The van der Waals surface area contributed by atoms with Gasteiger partial charge in [0.15, 0.2) is 11.5 Å². The number of pyridine rings is 1. The maximum atomic E-state index is 12.2. The molecule has 2 aliphatic carbocycles. The molecular formula is C17H23N5O2. The largest absolute Gasteiger partial charge is 0.378 e. The minimum Gasteiger partial charge on any atom is -0.378 e. The number of hydrogen-bond acceptors (Lipinski definition) is 4. The van der Waals surface area contributed by atoms with Gasteiger partial charge >= 0.3 is 6.03 Å². The first kappa shape index (κ1) is 15.4. The van der Waals surface area contributed by atoms with Crippen LogP contribution in [0.2, 0.25) is 0 Å². The van der Waals surface area contributed by atoms with Crippen LogP contribution in [0.25, 0.3) is 5.65 Å². The number of carbonyl (C=O) groups excluding carboxylic acids is 1. The number of amides is 2. The van der Waals surface area contributed by atoms with Crippen LogP contribution in [0.15, 0.2) is 24.4 Å². The van der Waals surface area contributed by atoms with Crippen LogP contribution in [-0.4, -0.2) is 39.4 Å². The first-order valence-electron chi connectivity index (χ1n) is 8.67. The molecule has 2 saturated carbocycles. The van der Waals surface area contributed by atoms with Gasteiger partial charge in [-0.15, -0.1) is 10.2 Å². The molecule has 4 rings (SSSR count). The molecule has 128 valence electrons. The van der Waals surface area contributed by atoms with Gasteiger partial charge < -0.3 is 15.4 Å². The highest BCUT2D eigenvalue weighted by Crippen LogP contribution is 2.57. The van der Waals surface area contributed by atoms with Crippen LogP contribution in [0.4, 0.5) is 4.79 Å². The number of rotatable bonds is 5. The van der Waals surface area contributed by atoms with Gasteiger partial charge in [-0.3, -0.25) is 4.40 Å². The number of fused-ring (bicyclic) bond motifs is 1. The van der Waals surface area contributed by atoms with E-state index in [4.69, 9.17) is 4.74 Å². The highest BCUT2D eigenvalue weighted by atomic mass is 16.5. The molecule has 2 aromatic heterocycles. The fourth-order valence-electron chi connectivity index (χ4n) is 4.02. The second-order valence-electron chi connectivity index (χ2n) is 6.69. The Balaban J connectivity index is 1.33. The SMILES string of the molecule is CCO[C@@H]1C[C@H](NC(=O)NCc2nnc3ccccn23)C12CCC2. The van der Waals surface area contributed by atoms with Gasteiger partial charge in [-0.2, -0.15) is 0 Å². The van der Waals surface area contributed by atoms with E-state index in [1.54, 1.807) is 0 Å². The second-order valence-corrected chi connectivity index (χ2v) is 6.69. The Morgan fingerprint density at radius 1 is 1.42 bits per heavy atom. The lowest BCUT2D eigenvalue weighted by atomic mass is 9.51. The van der Waals surface area contributed by atoms with Crippen molar-refractivity contribution in [2.45, 2.75) is 51.3 Å². The average Bonchev–Trinajstić information content (AvgIpc) is 2.93. The third-order valence-corrected chi connectivity index (χ3v) is 5.53. The molecule has 2 heterocycles. The van der Waals surface area contributed by atoms with E-state index in [1.807, 2.05) is 35.7 Å². The minimum absolute atomic E-state index is 0.145. The standard InChI is InChI=1S/C17H23N5O2/c1-2-24-13-10-12(17(13)7-5-8-17)19-16(23)18-11-15-21-20-14-6-3-4-9-22(14)15/h3-4,6,9,12-13H,2,5,7-8,10-11H2,1H3,(H2,18,19,23)/t12-,13+/m0/s1. The number of hydrogen-bond donors (Lipinski definition) is 2. The van der Waals surface area contributed by atoms with Crippen molar-refractivity contribution >= 4 is 11.7 Å². The van der Waals surface area contributed by atoms with E-state index in [2.05, 4.69) is 20.8 Å². The lowest BCUT2D eigenvalue weighted by Crippen LogP contribution is -2.68. The van der Waals surface area contributed by atoms with E-state index in [9.17, 15) is 4.79 Å². The Morgan fingerprint density at radius 2 is 2.29 bits per heavy atom. The first-order valence-corrected chi connectivity index (χ1v) is 8.67. The average molecular weight is 329 g/mol. The number of carbonyl (C=O) groups is 1. The van der Waals surface area contributed by atoms with Crippen LogP contribution in [0, 0.1) is 5.41 Å². The Hall–Kier alpha value is -2.15. The lowest BCUT2D eigenvalue weighted by Gasteiger charge is -2.60. The van der Waals surface area contributed by atoms with Gasteiger partial charge in [0.2, 0.25) is 0 Å². The van der Waals surface area contributed by atoms with Crippen molar-refractivity contribution in [3.8, 4) is 0 Å². The first-order chi connectivity index (χ1) is 11.7. The molecule has 0 radical (unpaired) electrons. The summed E-state index contributed by atoms with van der Waals surface area (Å²) in [6.45, 7) is 3.12. The maximum absolute atomic E-state index is 12.2. The van der Waals surface area contributed by atoms with Crippen molar-refractivity contribution in [1.29, 1.82) is 0 Å². The van der Waals surface area contributed by atoms with Gasteiger partial charge in [0.05, 0.1) is 12.6 Å². The van der Waals surface area contributed by atoms with E-state index in [0.29, 0.717) is 12.6 Å². The third-order valence-electron chi connectivity index (χ3n) is 5.53. The summed E-state index contributed by atoms with van der Waals surface area (Å²) >= 11 is 0. The highest BCUT2D eigenvalue weighted by Gasteiger charge is 2.59. The Morgan fingerprint density at radius 3 is 3.04 bits per heavy atom. The molecule has 2 fully saturated rings. The zero-order chi connectivity index (χ0) is 16.6. The molecule has 2 amide bonds. The number of aromatic nitrogens is 3. The van der Waals surface area contributed by atoms with Gasteiger partial charge in [-0.05, 0) is 38.3 Å². The zero-order valence-corrected chi connectivity index (χ0v) is 13.9. The monoisotopic (exact) mass is 329 g/mol. The van der Waals surface area contributed by atoms with Crippen LogP contribution < -0.4 is 10.6 Å². The lowest BCUT2D eigenvalue weighted by molar-refractivity contribution is -0.169. The molecule has 1 spiro atoms. The molecule has 0 bridgehead atoms. The summed E-state index contributed by atoms with van der Waals surface area (Å²) in [5.74, 6) is 0.722. The Kier molecular flexibility index (Phi) is 3.88. The summed E-state index contributed by atoms with van der Waals surface area (Å²) < 4.78 is 7.70. The highest BCUT2D eigenvalue weighted by molar-refractivity contribution is 5.74. The van der Waals surface area contributed by atoms with Crippen molar-refractivity contribution < 1.29 is 9.53 Å². The van der Waals surface area contributed by atoms with Crippen LogP contribution in [-0.2, 0) is 11.3 Å². The Bertz CT molecular complexity index is 739. The predicted octanol–water partition coefficient (Wildman–Crippen LogP) is 1.88. The molecule has 0 saturated heterocycles. The van der Waals surface area contributed by atoms with E-state index >= 15 is 0 Å². The summed E-state index contributed by atoms with van der Waals surface area (Å²) in [5, 5.41) is 14.2. The molecule has 0 unspecified atom stereocenters. The summed E-state index contributed by atoms with van der Waals surface area (Å²) in [5.41, 5.74) is 0.955. The molecular weight excluding hydrogens is 306 g/mol. The third kappa shape index (κ3) is 2.43. The topological polar surface area (TPSA) is 80.5 Å². The fourth-order valence-corrected chi connectivity index (χ4v) is 4.02. The summed E-state index contributed by atoms with van der Waals surface area (Å²) in [4.78, 5) is 12.2. The number of ether oxygens (including phenoxy) is 1. The molecule has 0 aromatic carbocycles. The van der Waals surface area contributed by atoms with E-state index in [0.717, 1.165) is 37.3 Å². The minimum atomic E-state index is -0.145. The molecule has 7 heteroatoms. The van der Waals surface area contributed by atoms with E-state index in [-0.39, 0.29) is 17.5 Å². The molecule has 7 nitrogen and oxygen atoms in total. The van der Waals surface area contributed by atoms with Gasteiger partial charge in [0.25, 0.3) is 0 Å². The smallest absolute Gasteiger partial charge is 0.315 e. The zero-order valence-electron chi connectivity index (χ0n) is 13.9. The van der Waals surface area contributed by atoms with Crippen LogP contribution in [0.3, 0.4) is 0 Å². The second kappa shape index (κ2) is 6.05. The predicted molar refractivity (Wildman–Crippen MR) is 88.5 cm³/mol. The molecule has 24 heavy (non-hydrogen) atoms. The summed E-state index contributed by atoms with van der Waals surface area (Å²) in [6.07, 6.45) is 6.65.